The topological polar surface area (TPSA) is 43.6 Å². The standard InChI is InChI=1S/C58H36N4/c1-3-16-38(17-4-1)54-55(39-18-5-2-6-19-39)60-61-57(59-54)40-32-30-37(31-33-40)41-20-15-21-42(34-41)43-35-47-46-24-9-13-28-52(46)62-53-29-14-12-27-50(53)58(51(36-43)56(47)62)48-25-10-7-22-44(48)45-23-8-11-26-49(45)58/h1-36H. The summed E-state index contributed by atoms with van der Waals surface area (Å²) in [6, 6.07) is 78.9. The predicted molar refractivity (Wildman–Crippen MR) is 252 cm³/mol. The lowest BCUT2D eigenvalue weighted by molar-refractivity contribution is 0.749. The average molecular weight is 789 g/mol. The lowest BCUT2D eigenvalue weighted by Crippen LogP contribution is -2.33. The van der Waals surface area contributed by atoms with E-state index in [1.54, 1.807) is 0 Å². The number of aromatic nitrogens is 4. The van der Waals surface area contributed by atoms with E-state index in [2.05, 4.69) is 192 Å². The van der Waals surface area contributed by atoms with Crippen LogP contribution in [0.3, 0.4) is 0 Å². The SMILES string of the molecule is c1ccc(-c2nnc(-c3ccc(-c4cccc(-c5cc6c7c(c5)c5ccccc5n7-c5ccccc5C65c6ccccc6-c6ccccc65)c4)cc3)nc2-c2ccccc2)cc1. The van der Waals surface area contributed by atoms with Crippen LogP contribution < -0.4 is 0 Å². The minimum absolute atomic E-state index is 0.494. The van der Waals surface area contributed by atoms with Gasteiger partial charge in [0.25, 0.3) is 0 Å². The monoisotopic (exact) mass is 788 g/mol. The van der Waals surface area contributed by atoms with E-state index in [1.165, 1.54) is 72.0 Å². The van der Waals surface area contributed by atoms with Crippen LogP contribution in [0.1, 0.15) is 22.3 Å². The number of hydrogen-bond donors (Lipinski definition) is 0. The minimum Gasteiger partial charge on any atom is -0.309 e. The fourth-order valence-electron chi connectivity index (χ4n) is 10.5. The van der Waals surface area contributed by atoms with Gasteiger partial charge in [0, 0.05) is 27.5 Å². The second-order valence-corrected chi connectivity index (χ2v) is 16.4. The third-order valence-electron chi connectivity index (χ3n) is 13.1. The molecule has 0 saturated heterocycles. The number of para-hydroxylation sites is 2. The van der Waals surface area contributed by atoms with Crippen LogP contribution in [-0.4, -0.2) is 19.7 Å². The summed E-state index contributed by atoms with van der Waals surface area (Å²) >= 11 is 0. The largest absolute Gasteiger partial charge is 0.309 e. The van der Waals surface area contributed by atoms with Crippen LogP contribution in [-0.2, 0) is 5.41 Å². The van der Waals surface area contributed by atoms with Crippen molar-refractivity contribution < 1.29 is 0 Å². The first-order valence-corrected chi connectivity index (χ1v) is 21.2. The molecular weight excluding hydrogens is 753 g/mol. The molecule has 3 heterocycles. The van der Waals surface area contributed by atoms with Gasteiger partial charge in [-0.1, -0.05) is 188 Å². The summed E-state index contributed by atoms with van der Waals surface area (Å²) in [6.45, 7) is 0. The fourth-order valence-corrected chi connectivity index (χ4v) is 10.5. The summed E-state index contributed by atoms with van der Waals surface area (Å²) in [7, 11) is 0. The van der Waals surface area contributed by atoms with Gasteiger partial charge in [-0.2, -0.15) is 0 Å². The van der Waals surface area contributed by atoms with E-state index < -0.39 is 5.41 Å². The molecule has 0 atom stereocenters. The van der Waals surface area contributed by atoms with Gasteiger partial charge in [0.15, 0.2) is 5.82 Å². The van der Waals surface area contributed by atoms with E-state index in [0.717, 1.165) is 39.2 Å². The Balaban J connectivity index is 0.963. The highest BCUT2D eigenvalue weighted by atomic mass is 15.2. The molecule has 13 rings (SSSR count). The lowest BCUT2D eigenvalue weighted by Gasteiger charge is -2.39. The summed E-state index contributed by atoms with van der Waals surface area (Å²) in [4.78, 5) is 5.11. The van der Waals surface area contributed by atoms with Gasteiger partial charge < -0.3 is 4.57 Å². The molecule has 9 aromatic carbocycles. The van der Waals surface area contributed by atoms with Crippen molar-refractivity contribution in [3.63, 3.8) is 0 Å². The molecule has 1 aliphatic carbocycles. The summed E-state index contributed by atoms with van der Waals surface area (Å²) in [5.41, 5.74) is 20.3. The third kappa shape index (κ3) is 4.92. The van der Waals surface area contributed by atoms with Gasteiger partial charge in [-0.25, -0.2) is 4.98 Å². The lowest BCUT2D eigenvalue weighted by atomic mass is 9.65. The maximum Gasteiger partial charge on any atom is 0.182 e. The zero-order valence-electron chi connectivity index (χ0n) is 33.6. The molecule has 0 radical (unpaired) electrons. The molecule has 0 amide bonds. The highest BCUT2D eigenvalue weighted by Crippen LogP contribution is 2.61. The molecule has 1 aliphatic heterocycles. The van der Waals surface area contributed by atoms with Crippen LogP contribution >= 0.6 is 0 Å². The van der Waals surface area contributed by atoms with Crippen molar-refractivity contribution in [1.82, 2.24) is 19.7 Å². The Bertz CT molecular complexity index is 3520. The normalized spacial score (nSPS) is 13.0. The zero-order valence-corrected chi connectivity index (χ0v) is 33.6. The molecule has 11 aromatic rings. The molecular formula is C58H36N4. The van der Waals surface area contributed by atoms with Gasteiger partial charge in [-0.3, -0.25) is 0 Å². The summed E-state index contributed by atoms with van der Waals surface area (Å²) < 4.78 is 2.52. The van der Waals surface area contributed by atoms with Crippen molar-refractivity contribution in [3.05, 3.63) is 241 Å². The van der Waals surface area contributed by atoms with Crippen LogP contribution in [0.15, 0.2) is 218 Å². The Morgan fingerprint density at radius 3 is 1.63 bits per heavy atom. The average Bonchev–Trinajstić information content (AvgIpc) is 3.85. The molecule has 0 unspecified atom stereocenters. The molecule has 2 aliphatic rings. The van der Waals surface area contributed by atoms with Gasteiger partial charge in [-0.05, 0) is 86.0 Å². The van der Waals surface area contributed by atoms with E-state index in [-0.39, 0.29) is 0 Å². The number of fused-ring (bicyclic) bond motifs is 12. The predicted octanol–water partition coefficient (Wildman–Crippen LogP) is 14.0. The molecule has 1 spiro atoms. The van der Waals surface area contributed by atoms with Gasteiger partial charge in [0.1, 0.15) is 11.4 Å². The van der Waals surface area contributed by atoms with E-state index in [4.69, 9.17) is 10.1 Å². The first kappa shape index (κ1) is 34.6. The summed E-state index contributed by atoms with van der Waals surface area (Å²) in [5, 5.41) is 11.9. The Hall–Kier alpha value is -8.21. The highest BCUT2D eigenvalue weighted by molar-refractivity contribution is 6.14. The van der Waals surface area contributed by atoms with Crippen molar-refractivity contribution in [3.8, 4) is 73.0 Å². The smallest absolute Gasteiger partial charge is 0.182 e. The molecule has 0 fully saturated rings. The van der Waals surface area contributed by atoms with E-state index in [9.17, 15) is 0 Å². The molecule has 4 heteroatoms. The molecule has 0 bridgehead atoms. The van der Waals surface area contributed by atoms with Crippen molar-refractivity contribution >= 4 is 21.8 Å². The van der Waals surface area contributed by atoms with Crippen LogP contribution in [0.2, 0.25) is 0 Å². The van der Waals surface area contributed by atoms with Gasteiger partial charge in [0.05, 0.1) is 22.1 Å². The van der Waals surface area contributed by atoms with Crippen LogP contribution in [0.25, 0.3) is 94.8 Å². The summed E-state index contributed by atoms with van der Waals surface area (Å²) in [5.74, 6) is 0.593. The molecule has 288 valence electrons. The maximum atomic E-state index is 5.11. The van der Waals surface area contributed by atoms with Crippen LogP contribution in [0, 0.1) is 0 Å². The first-order valence-electron chi connectivity index (χ1n) is 21.2. The number of benzene rings is 9. The zero-order chi connectivity index (χ0) is 40.8. The molecule has 62 heavy (non-hydrogen) atoms. The van der Waals surface area contributed by atoms with E-state index >= 15 is 0 Å². The number of hydrogen-bond acceptors (Lipinski definition) is 3. The summed E-state index contributed by atoms with van der Waals surface area (Å²) in [6.07, 6.45) is 0. The molecule has 4 nitrogen and oxygen atoms in total. The van der Waals surface area contributed by atoms with Crippen molar-refractivity contribution in [2.75, 3.05) is 0 Å². The van der Waals surface area contributed by atoms with Gasteiger partial charge in [-0.15, -0.1) is 10.2 Å². The van der Waals surface area contributed by atoms with Gasteiger partial charge in [0.2, 0.25) is 0 Å². The molecule has 0 N–H and O–H groups in total. The number of nitrogens with zero attached hydrogens (tertiary/aromatic N) is 4. The number of rotatable bonds is 5. The van der Waals surface area contributed by atoms with Crippen molar-refractivity contribution in [1.29, 1.82) is 0 Å². The molecule has 0 saturated carbocycles. The Labute approximate surface area is 359 Å². The molecule has 2 aromatic heterocycles. The van der Waals surface area contributed by atoms with E-state index in [0.29, 0.717) is 5.82 Å². The quantitative estimate of drug-likeness (QED) is 0.174. The maximum absolute atomic E-state index is 5.11. The van der Waals surface area contributed by atoms with Crippen molar-refractivity contribution in [2.45, 2.75) is 5.41 Å². The Morgan fingerprint density at radius 1 is 0.339 bits per heavy atom. The fraction of sp³-hybridized carbons (Fsp3) is 0.0172. The Morgan fingerprint density at radius 2 is 0.903 bits per heavy atom. The van der Waals surface area contributed by atoms with Gasteiger partial charge >= 0.3 is 0 Å². The second-order valence-electron chi connectivity index (χ2n) is 16.4. The minimum atomic E-state index is -0.494. The Kier molecular flexibility index (Phi) is 7.49. The van der Waals surface area contributed by atoms with Crippen LogP contribution in [0.5, 0.6) is 0 Å². The third-order valence-corrected chi connectivity index (χ3v) is 13.1. The van der Waals surface area contributed by atoms with E-state index in [1.807, 2.05) is 36.4 Å². The van der Waals surface area contributed by atoms with Crippen LogP contribution in [0.4, 0.5) is 0 Å². The van der Waals surface area contributed by atoms with Crippen molar-refractivity contribution in [2.24, 2.45) is 0 Å². The highest BCUT2D eigenvalue weighted by Gasteiger charge is 2.50. The second kappa shape index (κ2) is 13.4. The first-order chi connectivity index (χ1) is 30.8.